The summed E-state index contributed by atoms with van der Waals surface area (Å²) in [6.07, 6.45) is 3.93. The lowest BCUT2D eigenvalue weighted by Crippen LogP contribution is -2.43. The molecule has 4 nitrogen and oxygen atoms in total. The quantitative estimate of drug-likeness (QED) is 0.836. The van der Waals surface area contributed by atoms with Crippen molar-refractivity contribution in [2.24, 2.45) is 0 Å². The summed E-state index contributed by atoms with van der Waals surface area (Å²) in [5.41, 5.74) is 5.88. The van der Waals surface area contributed by atoms with Crippen LogP contribution in [-0.4, -0.2) is 14.0 Å². The molecule has 1 aliphatic rings. The Balaban J connectivity index is 2.27. The average molecular weight is 333 g/mol. The van der Waals surface area contributed by atoms with E-state index in [1.165, 1.54) is 12.1 Å². The summed E-state index contributed by atoms with van der Waals surface area (Å²) in [6.45, 7) is 1.96. The largest absolute Gasteiger partial charge is 0.398 e. The summed E-state index contributed by atoms with van der Waals surface area (Å²) in [5.74, 6) is 0. The molecule has 100 valence electrons. The van der Waals surface area contributed by atoms with Gasteiger partial charge in [0.15, 0.2) is 0 Å². The minimum Gasteiger partial charge on any atom is -0.398 e. The Morgan fingerprint density at radius 3 is 2.50 bits per heavy atom. The maximum atomic E-state index is 12.3. The SMILES string of the molecule is CC1(NS(=O)(=O)c2ccc(N)c(Br)c2)CCCC1. The van der Waals surface area contributed by atoms with Gasteiger partial charge in [0.05, 0.1) is 4.90 Å². The van der Waals surface area contributed by atoms with Crippen LogP contribution in [0.4, 0.5) is 5.69 Å². The standard InChI is InChI=1S/C12H17BrN2O2S/c1-12(6-2-3-7-12)15-18(16,17)9-4-5-11(14)10(13)8-9/h4-5,8,15H,2-3,6-7,14H2,1H3. The van der Waals surface area contributed by atoms with Crippen LogP contribution in [0, 0.1) is 0 Å². The minimum absolute atomic E-state index is 0.247. The van der Waals surface area contributed by atoms with E-state index in [0.29, 0.717) is 10.2 Å². The number of rotatable bonds is 3. The van der Waals surface area contributed by atoms with Crippen LogP contribution in [0.2, 0.25) is 0 Å². The number of sulfonamides is 1. The lowest BCUT2D eigenvalue weighted by Gasteiger charge is -2.25. The van der Waals surface area contributed by atoms with Crippen LogP contribution in [0.1, 0.15) is 32.6 Å². The van der Waals surface area contributed by atoms with Crippen molar-refractivity contribution < 1.29 is 8.42 Å². The molecular formula is C12H17BrN2O2S. The predicted octanol–water partition coefficient (Wildman–Crippen LogP) is 2.64. The van der Waals surface area contributed by atoms with Gasteiger partial charge in [0.2, 0.25) is 10.0 Å². The molecule has 1 saturated carbocycles. The van der Waals surface area contributed by atoms with Crippen LogP contribution in [0.15, 0.2) is 27.6 Å². The fourth-order valence-electron chi connectivity index (χ4n) is 2.32. The molecule has 2 rings (SSSR count). The third kappa shape index (κ3) is 2.87. The second-order valence-electron chi connectivity index (χ2n) is 5.06. The Morgan fingerprint density at radius 1 is 1.33 bits per heavy atom. The van der Waals surface area contributed by atoms with Gasteiger partial charge in [-0.25, -0.2) is 13.1 Å². The van der Waals surface area contributed by atoms with Gasteiger partial charge >= 0.3 is 0 Å². The van der Waals surface area contributed by atoms with Gasteiger partial charge in [0.1, 0.15) is 0 Å². The van der Waals surface area contributed by atoms with Gasteiger partial charge < -0.3 is 5.73 Å². The van der Waals surface area contributed by atoms with E-state index >= 15 is 0 Å². The Bertz CT molecular complexity index is 551. The van der Waals surface area contributed by atoms with E-state index < -0.39 is 10.0 Å². The molecule has 6 heteroatoms. The van der Waals surface area contributed by atoms with Crippen molar-refractivity contribution in [3.63, 3.8) is 0 Å². The molecule has 0 amide bonds. The van der Waals surface area contributed by atoms with E-state index in [0.717, 1.165) is 25.7 Å². The molecule has 0 spiro atoms. The molecule has 0 aliphatic heterocycles. The lowest BCUT2D eigenvalue weighted by molar-refractivity contribution is 0.427. The van der Waals surface area contributed by atoms with Crippen LogP contribution >= 0.6 is 15.9 Å². The summed E-state index contributed by atoms with van der Waals surface area (Å²) in [4.78, 5) is 0.247. The van der Waals surface area contributed by atoms with Crippen molar-refractivity contribution >= 4 is 31.6 Å². The molecule has 0 heterocycles. The zero-order valence-electron chi connectivity index (χ0n) is 10.2. The molecular weight excluding hydrogens is 316 g/mol. The second-order valence-corrected chi connectivity index (χ2v) is 7.59. The molecule has 0 unspecified atom stereocenters. The van der Waals surface area contributed by atoms with Crippen molar-refractivity contribution in [3.05, 3.63) is 22.7 Å². The molecule has 1 aliphatic carbocycles. The first-order valence-corrected chi connectivity index (χ1v) is 8.19. The van der Waals surface area contributed by atoms with E-state index in [4.69, 9.17) is 5.73 Å². The molecule has 3 N–H and O–H groups in total. The van der Waals surface area contributed by atoms with Crippen molar-refractivity contribution in [1.82, 2.24) is 4.72 Å². The lowest BCUT2D eigenvalue weighted by atomic mass is 10.0. The molecule has 0 aromatic heterocycles. The summed E-state index contributed by atoms with van der Waals surface area (Å²) in [5, 5.41) is 0. The highest BCUT2D eigenvalue weighted by atomic mass is 79.9. The highest BCUT2D eigenvalue weighted by molar-refractivity contribution is 9.10. The first-order valence-electron chi connectivity index (χ1n) is 5.91. The first-order chi connectivity index (χ1) is 8.32. The molecule has 1 fully saturated rings. The van der Waals surface area contributed by atoms with Gasteiger partial charge in [0, 0.05) is 15.7 Å². The molecule has 0 bridgehead atoms. The number of nitrogens with one attached hydrogen (secondary N) is 1. The maximum absolute atomic E-state index is 12.3. The third-order valence-corrected chi connectivity index (χ3v) is 5.69. The molecule has 0 saturated heterocycles. The molecule has 18 heavy (non-hydrogen) atoms. The summed E-state index contributed by atoms with van der Waals surface area (Å²) in [7, 11) is -3.48. The zero-order chi connectivity index (χ0) is 13.4. The molecule has 1 aromatic carbocycles. The topological polar surface area (TPSA) is 72.2 Å². The van der Waals surface area contributed by atoms with E-state index in [1.54, 1.807) is 6.07 Å². The van der Waals surface area contributed by atoms with Crippen LogP contribution < -0.4 is 10.5 Å². The summed E-state index contributed by atoms with van der Waals surface area (Å²) >= 11 is 3.25. The van der Waals surface area contributed by atoms with Gasteiger partial charge in [-0.2, -0.15) is 0 Å². The smallest absolute Gasteiger partial charge is 0.241 e. The van der Waals surface area contributed by atoms with Crippen LogP contribution in [0.5, 0.6) is 0 Å². The van der Waals surface area contributed by atoms with Crippen molar-refractivity contribution in [2.45, 2.75) is 43.0 Å². The second kappa shape index (κ2) is 4.83. The number of hydrogen-bond donors (Lipinski definition) is 2. The van der Waals surface area contributed by atoms with Gasteiger partial charge in [0.25, 0.3) is 0 Å². The first kappa shape index (κ1) is 13.8. The maximum Gasteiger partial charge on any atom is 0.241 e. The predicted molar refractivity (Wildman–Crippen MR) is 75.7 cm³/mol. The Kier molecular flexibility index (Phi) is 3.71. The molecule has 0 atom stereocenters. The monoisotopic (exact) mass is 332 g/mol. The van der Waals surface area contributed by atoms with Crippen molar-refractivity contribution in [1.29, 1.82) is 0 Å². The van der Waals surface area contributed by atoms with Gasteiger partial charge in [-0.3, -0.25) is 0 Å². The summed E-state index contributed by atoms with van der Waals surface area (Å²) in [6, 6.07) is 4.66. The highest BCUT2D eigenvalue weighted by Gasteiger charge is 2.33. The van der Waals surface area contributed by atoms with Crippen LogP contribution in [0.25, 0.3) is 0 Å². The van der Waals surface area contributed by atoms with Gasteiger partial charge in [-0.15, -0.1) is 0 Å². The Hall–Kier alpha value is -0.590. The molecule has 1 aromatic rings. The van der Waals surface area contributed by atoms with Crippen LogP contribution in [-0.2, 0) is 10.0 Å². The normalized spacial score (nSPS) is 19.0. The van der Waals surface area contributed by atoms with Gasteiger partial charge in [-0.05, 0) is 53.9 Å². The fraction of sp³-hybridized carbons (Fsp3) is 0.500. The van der Waals surface area contributed by atoms with E-state index in [1.807, 2.05) is 6.92 Å². The number of nitrogens with two attached hydrogens (primary N) is 1. The summed E-state index contributed by atoms with van der Waals surface area (Å²) < 4.78 is 28.0. The highest BCUT2D eigenvalue weighted by Crippen LogP contribution is 2.31. The van der Waals surface area contributed by atoms with E-state index in [-0.39, 0.29) is 10.4 Å². The number of hydrogen-bond acceptors (Lipinski definition) is 3. The number of halogens is 1. The van der Waals surface area contributed by atoms with Crippen LogP contribution in [0.3, 0.4) is 0 Å². The number of benzene rings is 1. The average Bonchev–Trinajstić information content (AvgIpc) is 2.67. The van der Waals surface area contributed by atoms with Crippen molar-refractivity contribution in [3.8, 4) is 0 Å². The Morgan fingerprint density at radius 2 is 1.94 bits per heavy atom. The fourth-order valence-corrected chi connectivity index (χ4v) is 4.34. The van der Waals surface area contributed by atoms with Gasteiger partial charge in [-0.1, -0.05) is 12.8 Å². The third-order valence-electron chi connectivity index (χ3n) is 3.37. The zero-order valence-corrected chi connectivity index (χ0v) is 12.6. The van der Waals surface area contributed by atoms with E-state index in [2.05, 4.69) is 20.7 Å². The molecule has 0 radical (unpaired) electrons. The minimum atomic E-state index is -3.48. The van der Waals surface area contributed by atoms with Crippen molar-refractivity contribution in [2.75, 3.05) is 5.73 Å². The number of nitrogen functional groups attached to an aromatic ring is 1. The van der Waals surface area contributed by atoms with E-state index in [9.17, 15) is 8.42 Å². The Labute approximate surface area is 116 Å². The number of anilines is 1.